The Morgan fingerprint density at radius 1 is 1.07 bits per heavy atom. The average Bonchev–Trinajstić information content (AvgIpc) is 3.26. The first kappa shape index (κ1) is 19.5. The van der Waals surface area contributed by atoms with E-state index in [2.05, 4.69) is 50.1 Å². The summed E-state index contributed by atoms with van der Waals surface area (Å²) < 4.78 is 2.93. The number of rotatable bonds is 4. The van der Waals surface area contributed by atoms with Crippen molar-refractivity contribution >= 4 is 39.8 Å². The Hall–Kier alpha value is -2.48. The molecule has 1 saturated heterocycles. The number of fused-ring (bicyclic) bond motifs is 1. The van der Waals surface area contributed by atoms with Crippen LogP contribution in [0, 0.1) is 13.8 Å². The van der Waals surface area contributed by atoms with Crippen LogP contribution in [-0.4, -0.2) is 45.7 Å². The Balaban J connectivity index is 1.47. The summed E-state index contributed by atoms with van der Waals surface area (Å²) in [5, 5.41) is 4.36. The zero-order valence-corrected chi connectivity index (χ0v) is 18.6. The fourth-order valence-corrected chi connectivity index (χ4v) is 5.03. The third kappa shape index (κ3) is 3.69. The smallest absolute Gasteiger partial charge is 0.128 e. The van der Waals surface area contributed by atoms with Crippen molar-refractivity contribution in [2.45, 2.75) is 20.4 Å². The lowest BCUT2D eigenvalue weighted by atomic mass is 10.1. The Labute approximate surface area is 184 Å². The van der Waals surface area contributed by atoms with Gasteiger partial charge in [-0.3, -0.25) is 0 Å². The van der Waals surface area contributed by atoms with Crippen molar-refractivity contribution in [1.82, 2.24) is 24.8 Å². The molecule has 0 radical (unpaired) electrons. The first-order valence-electron chi connectivity index (χ1n) is 10.1. The number of pyridine rings is 1. The van der Waals surface area contributed by atoms with E-state index in [1.165, 1.54) is 11.3 Å². The van der Waals surface area contributed by atoms with E-state index in [1.54, 1.807) is 0 Å². The number of imidazole rings is 1. The second kappa shape index (κ2) is 7.98. The molecule has 30 heavy (non-hydrogen) atoms. The summed E-state index contributed by atoms with van der Waals surface area (Å²) in [6.45, 7) is 8.63. The third-order valence-electron chi connectivity index (χ3n) is 5.53. The number of aryl methyl sites for hydroxylation is 2. The normalized spacial score (nSPS) is 14.6. The lowest BCUT2D eigenvalue weighted by Gasteiger charge is -2.28. The van der Waals surface area contributed by atoms with E-state index in [4.69, 9.17) is 21.6 Å². The molecular weight excluding hydrogens is 416 g/mol. The van der Waals surface area contributed by atoms with Gasteiger partial charge in [-0.1, -0.05) is 17.7 Å². The van der Waals surface area contributed by atoms with E-state index in [9.17, 15) is 0 Å². The van der Waals surface area contributed by atoms with Gasteiger partial charge in [-0.05, 0) is 43.7 Å². The molecule has 0 aliphatic carbocycles. The maximum Gasteiger partial charge on any atom is 0.128 e. The molecule has 1 aliphatic rings. The lowest BCUT2D eigenvalue weighted by molar-refractivity contribution is 0.585. The maximum absolute atomic E-state index is 6.38. The van der Waals surface area contributed by atoms with Gasteiger partial charge in [-0.2, -0.15) is 0 Å². The molecule has 0 saturated carbocycles. The maximum atomic E-state index is 6.38. The number of anilines is 1. The first-order chi connectivity index (χ1) is 14.6. The van der Waals surface area contributed by atoms with Crippen LogP contribution in [0.2, 0.25) is 4.34 Å². The Morgan fingerprint density at radius 2 is 1.87 bits per heavy atom. The minimum absolute atomic E-state index is 0.620. The predicted octanol–water partition coefficient (Wildman–Crippen LogP) is 4.28. The van der Waals surface area contributed by atoms with Gasteiger partial charge >= 0.3 is 0 Å². The fourth-order valence-electron chi connectivity index (χ4n) is 3.95. The van der Waals surface area contributed by atoms with Crippen LogP contribution in [0.1, 0.15) is 16.5 Å². The molecule has 0 atom stereocenters. The summed E-state index contributed by atoms with van der Waals surface area (Å²) in [6, 6.07) is 10.6. The van der Waals surface area contributed by atoms with Gasteiger partial charge in [0.2, 0.25) is 0 Å². The number of hydrogen-bond donors (Lipinski definition) is 1. The second-order valence-corrected chi connectivity index (χ2v) is 9.35. The van der Waals surface area contributed by atoms with Crippen LogP contribution in [0.3, 0.4) is 0 Å². The summed E-state index contributed by atoms with van der Waals surface area (Å²) in [5.74, 6) is 1.99. The van der Waals surface area contributed by atoms with E-state index in [0.29, 0.717) is 6.54 Å². The predicted molar refractivity (Wildman–Crippen MR) is 124 cm³/mol. The molecule has 6 nitrogen and oxygen atoms in total. The molecule has 154 valence electrons. The van der Waals surface area contributed by atoms with Crippen LogP contribution in [-0.2, 0) is 6.54 Å². The Kier molecular flexibility index (Phi) is 5.18. The standard InChI is InChI=1S/C22H23ClN6S/c1-14-26-18-5-3-16(11-20(18)29(14)13-19-22(23)30-15(2)27-19)17-4-6-21(25-12-17)28-9-7-24-8-10-28/h3-6,11-12,24H,7-10,13H2,1-2H3. The number of nitrogens with one attached hydrogen (secondary N) is 1. The average molecular weight is 439 g/mol. The lowest BCUT2D eigenvalue weighted by Crippen LogP contribution is -2.43. The molecule has 4 heterocycles. The van der Waals surface area contributed by atoms with Gasteiger partial charge in [0.1, 0.15) is 16.0 Å². The van der Waals surface area contributed by atoms with Crippen LogP contribution in [0.25, 0.3) is 22.2 Å². The zero-order chi connectivity index (χ0) is 20.7. The summed E-state index contributed by atoms with van der Waals surface area (Å²) in [5.41, 5.74) is 5.18. The van der Waals surface area contributed by atoms with Crippen molar-refractivity contribution in [2.24, 2.45) is 0 Å². The molecule has 3 aromatic heterocycles. The number of thiazole rings is 1. The summed E-state index contributed by atoms with van der Waals surface area (Å²) in [6.07, 6.45) is 1.97. The highest BCUT2D eigenvalue weighted by Crippen LogP contribution is 2.29. The fraction of sp³-hybridized carbons (Fsp3) is 0.318. The second-order valence-electron chi connectivity index (χ2n) is 7.54. The van der Waals surface area contributed by atoms with E-state index >= 15 is 0 Å². The first-order valence-corrected chi connectivity index (χ1v) is 11.3. The minimum atomic E-state index is 0.620. The molecule has 0 bridgehead atoms. The summed E-state index contributed by atoms with van der Waals surface area (Å²) in [4.78, 5) is 16.3. The van der Waals surface area contributed by atoms with Crippen molar-refractivity contribution in [1.29, 1.82) is 0 Å². The number of piperazine rings is 1. The number of benzene rings is 1. The van der Waals surface area contributed by atoms with Gasteiger partial charge in [0.25, 0.3) is 0 Å². The van der Waals surface area contributed by atoms with E-state index in [1.807, 2.05) is 20.0 Å². The monoisotopic (exact) mass is 438 g/mol. The molecule has 0 unspecified atom stereocenters. The van der Waals surface area contributed by atoms with Crippen LogP contribution in [0.5, 0.6) is 0 Å². The highest BCUT2D eigenvalue weighted by atomic mass is 35.5. The molecular formula is C22H23ClN6S. The van der Waals surface area contributed by atoms with E-state index in [0.717, 1.165) is 75.0 Å². The number of nitrogens with zero attached hydrogens (tertiary/aromatic N) is 5. The molecule has 0 spiro atoms. The molecule has 1 fully saturated rings. The Morgan fingerprint density at radius 3 is 2.57 bits per heavy atom. The molecule has 8 heteroatoms. The number of hydrogen-bond acceptors (Lipinski definition) is 6. The van der Waals surface area contributed by atoms with Crippen molar-refractivity contribution < 1.29 is 0 Å². The number of aromatic nitrogens is 4. The van der Waals surface area contributed by atoms with Crippen molar-refractivity contribution in [2.75, 3.05) is 31.1 Å². The highest BCUT2D eigenvalue weighted by molar-refractivity contribution is 7.15. The van der Waals surface area contributed by atoms with Gasteiger partial charge in [-0.15, -0.1) is 11.3 Å². The quantitative estimate of drug-likeness (QED) is 0.515. The zero-order valence-electron chi connectivity index (χ0n) is 17.0. The molecule has 4 aromatic rings. The van der Waals surface area contributed by atoms with E-state index < -0.39 is 0 Å². The van der Waals surface area contributed by atoms with E-state index in [-0.39, 0.29) is 0 Å². The Bertz CT molecular complexity index is 1190. The summed E-state index contributed by atoms with van der Waals surface area (Å²) in [7, 11) is 0. The van der Waals surface area contributed by atoms with Crippen LogP contribution >= 0.6 is 22.9 Å². The summed E-state index contributed by atoms with van der Waals surface area (Å²) >= 11 is 7.90. The highest BCUT2D eigenvalue weighted by Gasteiger charge is 2.15. The molecule has 1 aromatic carbocycles. The van der Waals surface area contributed by atoms with Gasteiger partial charge < -0.3 is 14.8 Å². The van der Waals surface area contributed by atoms with Crippen molar-refractivity contribution in [3.8, 4) is 11.1 Å². The van der Waals surface area contributed by atoms with Gasteiger partial charge in [0.15, 0.2) is 0 Å². The van der Waals surface area contributed by atoms with Gasteiger partial charge in [-0.25, -0.2) is 15.0 Å². The topological polar surface area (TPSA) is 58.9 Å². The van der Waals surface area contributed by atoms with Crippen LogP contribution in [0.4, 0.5) is 5.82 Å². The number of halogens is 1. The molecule has 0 amide bonds. The van der Waals surface area contributed by atoms with Crippen LogP contribution in [0.15, 0.2) is 36.5 Å². The van der Waals surface area contributed by atoms with Gasteiger partial charge in [0.05, 0.1) is 28.3 Å². The SMILES string of the molecule is Cc1nc(Cn2c(C)nc3ccc(-c4ccc(N5CCNCC5)nc4)cc32)c(Cl)s1. The molecule has 1 aliphatic heterocycles. The minimum Gasteiger partial charge on any atom is -0.354 e. The molecule has 5 rings (SSSR count). The third-order valence-corrected chi connectivity index (χ3v) is 6.78. The van der Waals surface area contributed by atoms with Gasteiger partial charge in [0, 0.05) is 37.9 Å². The van der Waals surface area contributed by atoms with Crippen molar-refractivity contribution in [3.05, 3.63) is 57.4 Å². The largest absolute Gasteiger partial charge is 0.354 e. The van der Waals surface area contributed by atoms with Crippen LogP contribution < -0.4 is 10.2 Å². The van der Waals surface area contributed by atoms with Crippen molar-refractivity contribution in [3.63, 3.8) is 0 Å². The molecule has 1 N–H and O–H groups in total.